The molecule has 614 valence electrons. The number of Topliss-reactive ketones (excluding diaryl/α,β-unsaturated/α-hetero) is 3. The Morgan fingerprint density at radius 3 is 0.962 bits per heavy atom. The number of ketones is 3. The van der Waals surface area contributed by atoms with Gasteiger partial charge in [0, 0.05) is 38.3 Å². The molecule has 4 N–H and O–H groups in total. The summed E-state index contributed by atoms with van der Waals surface area (Å²) in [6.07, 6.45) is 52.1. The van der Waals surface area contributed by atoms with Crippen LogP contribution in [0.1, 0.15) is 337 Å². The van der Waals surface area contributed by atoms with Gasteiger partial charge in [0.15, 0.2) is 0 Å². The SMILES string of the molecule is CC(=O)CN(C)C.CC(=O)CN(C)C.CCCCCCCCCCCC(=O)[O-].CCCCCCCCCCCCCCC(O)CO.CCCCCCCCCCCCN(CC(O)CO)C(=O)CCCCCCCCCCC.COc1nc(CCC(C)=O)nc(OC)n1.COc1nc(Cl)nc(OC)n1.[Cl-]. The molecule has 0 aliphatic rings. The highest BCUT2D eigenvalue weighted by Crippen LogP contribution is 2.18. The zero-order valence-electron chi connectivity index (χ0n) is 68.4. The van der Waals surface area contributed by atoms with Crippen LogP contribution in [-0.2, 0) is 30.4 Å². The third-order valence-corrected chi connectivity index (χ3v) is 16.2. The van der Waals surface area contributed by atoms with E-state index in [1.807, 2.05) is 38.0 Å². The molecule has 1 amide bonds. The number of unbranched alkanes of at least 4 members (excludes halogenated alkanes) is 36. The van der Waals surface area contributed by atoms with Gasteiger partial charge in [-0.25, -0.2) is 0 Å². The Morgan fingerprint density at radius 1 is 0.404 bits per heavy atom. The van der Waals surface area contributed by atoms with Crippen molar-refractivity contribution in [2.75, 3.05) is 96.0 Å². The Hall–Kier alpha value is -4.49. The van der Waals surface area contributed by atoms with Gasteiger partial charge in [-0.05, 0) is 92.7 Å². The Labute approximate surface area is 643 Å². The first-order valence-electron chi connectivity index (χ1n) is 39.6. The molecule has 0 aliphatic carbocycles. The Kier molecular flexibility index (Phi) is 91.1. The second-order valence-corrected chi connectivity index (χ2v) is 27.6. The number of hydrogen-bond acceptors (Lipinski definition) is 22. The molecule has 0 aliphatic heterocycles. The number of carbonyl (C=O) groups is 5. The molecule has 0 radical (unpaired) electrons. The summed E-state index contributed by atoms with van der Waals surface area (Å²) in [5.41, 5.74) is 0. The van der Waals surface area contributed by atoms with Crippen LogP contribution >= 0.6 is 11.6 Å². The maximum atomic E-state index is 12.6. The van der Waals surface area contributed by atoms with E-state index in [1.165, 1.54) is 247 Å². The molecule has 0 spiro atoms. The summed E-state index contributed by atoms with van der Waals surface area (Å²) >= 11 is 5.49. The lowest BCUT2D eigenvalue weighted by molar-refractivity contribution is -0.305. The molecule has 0 aromatic carbocycles. The number of aryl methyl sites for hydroxylation is 1. The fourth-order valence-electron chi connectivity index (χ4n) is 10.4. The molecule has 0 saturated heterocycles. The van der Waals surface area contributed by atoms with E-state index in [0.29, 0.717) is 44.7 Å². The second-order valence-electron chi connectivity index (χ2n) is 27.3. The molecule has 2 atom stereocenters. The molecule has 23 nitrogen and oxygen atoms in total. The van der Waals surface area contributed by atoms with E-state index in [0.717, 1.165) is 51.4 Å². The molecule has 0 saturated carbocycles. The standard InChI is InChI=1S/C27H55NO3.C16H34O2.C12H24O2.C9H13N3O3.C5H6ClN3O2.2C5H11NO.ClH/c1-3-5-7-9-11-13-15-17-19-21-23-28(24-26(30)25-29)27(31)22-20-18-16-14-12-10-8-6-4-2;1-2-3-4-5-6-7-8-9-10-11-12-13-14-16(18)15-17;1-2-3-4-5-6-7-8-9-10-11-12(13)14;1-6(13)4-5-7-10-8(14-2)12-9(11-7)15-3;1-10-4-7-3(6)8-5(9-4)11-2;2*1-5(7)4-6(2)3;/h26,29-30H,3-25H2,1-2H3;16-18H,2-15H2,1H3;2-11H2,1H3,(H,13,14);4-5H2,1-3H3;1-2H3;2*4H2,1-3H3;1H/p-2. The summed E-state index contributed by atoms with van der Waals surface area (Å²) in [6, 6.07) is 0.671. The van der Waals surface area contributed by atoms with Gasteiger partial charge >= 0.3 is 24.0 Å². The molecule has 2 unspecified atom stereocenters. The molecular weight excluding hydrogens is 1370 g/mol. The van der Waals surface area contributed by atoms with Crippen LogP contribution in [0.15, 0.2) is 0 Å². The van der Waals surface area contributed by atoms with E-state index in [1.54, 1.807) is 18.7 Å². The number of ether oxygens (including phenoxy) is 4. The lowest BCUT2D eigenvalue weighted by Gasteiger charge is -2.25. The van der Waals surface area contributed by atoms with Gasteiger partial charge in [0.2, 0.25) is 11.2 Å². The van der Waals surface area contributed by atoms with E-state index in [9.17, 15) is 39.3 Å². The number of aliphatic carboxylic acids is 1. The van der Waals surface area contributed by atoms with Crippen LogP contribution in [0, 0.1) is 0 Å². The van der Waals surface area contributed by atoms with Crippen molar-refractivity contribution >= 4 is 40.8 Å². The van der Waals surface area contributed by atoms with Crippen molar-refractivity contribution in [3.05, 3.63) is 11.1 Å². The van der Waals surface area contributed by atoms with Crippen molar-refractivity contribution in [3.8, 4) is 24.0 Å². The number of rotatable bonds is 59. The summed E-state index contributed by atoms with van der Waals surface area (Å²) in [6.45, 7) is 15.4. The predicted octanol–water partition coefficient (Wildman–Crippen LogP) is 12.3. The zero-order valence-corrected chi connectivity index (χ0v) is 69.9. The first kappa shape index (κ1) is 110. The van der Waals surface area contributed by atoms with Gasteiger partial charge in [-0.3, -0.25) is 14.4 Å². The summed E-state index contributed by atoms with van der Waals surface area (Å²) in [5, 5.41) is 47.0. The summed E-state index contributed by atoms with van der Waals surface area (Å²) in [7, 11) is 13.3. The number of carboxylic acid groups (broad SMARTS) is 1. The Bertz CT molecular complexity index is 2150. The average Bonchev–Trinajstić information content (AvgIpc) is 0.873. The van der Waals surface area contributed by atoms with Gasteiger partial charge in [-0.15, -0.1) is 9.97 Å². The van der Waals surface area contributed by atoms with Crippen molar-refractivity contribution in [1.29, 1.82) is 0 Å². The van der Waals surface area contributed by atoms with E-state index in [-0.39, 0.29) is 91.2 Å². The van der Waals surface area contributed by atoms with E-state index >= 15 is 0 Å². The maximum absolute atomic E-state index is 12.6. The van der Waals surface area contributed by atoms with Crippen molar-refractivity contribution < 1.29 is 80.9 Å². The van der Waals surface area contributed by atoms with Crippen molar-refractivity contribution in [2.24, 2.45) is 0 Å². The number of aromatic nitrogens is 6. The maximum Gasteiger partial charge on any atom is 0.323 e. The minimum atomic E-state index is -0.909. The quantitative estimate of drug-likeness (QED) is 0.0447. The lowest BCUT2D eigenvalue weighted by atomic mass is 10.0. The number of hydrogen-bond donors (Lipinski definition) is 4. The number of carbonyl (C=O) groups excluding carboxylic acids is 5. The van der Waals surface area contributed by atoms with Gasteiger partial charge < -0.3 is 81.2 Å². The van der Waals surface area contributed by atoms with Crippen LogP contribution in [0.5, 0.6) is 24.0 Å². The van der Waals surface area contributed by atoms with Gasteiger partial charge in [0.05, 0.1) is 67.0 Å². The number of amides is 1. The normalized spacial score (nSPS) is 11.0. The highest BCUT2D eigenvalue weighted by atomic mass is 35.5. The van der Waals surface area contributed by atoms with Gasteiger partial charge in [0.1, 0.15) is 23.2 Å². The molecular formula is C79H153Cl2N9O14-2. The van der Waals surface area contributed by atoms with Gasteiger partial charge in [-0.1, -0.05) is 265 Å². The fraction of sp³-hybridized carbons (Fsp3) is 0.861. The third-order valence-electron chi connectivity index (χ3n) is 16.1. The summed E-state index contributed by atoms with van der Waals surface area (Å²) in [5.74, 6) is 0.247. The minimum Gasteiger partial charge on any atom is -1.00 e. The molecule has 104 heavy (non-hydrogen) atoms. The predicted molar refractivity (Wildman–Crippen MR) is 417 cm³/mol. The van der Waals surface area contributed by atoms with E-state index < -0.39 is 18.2 Å². The third kappa shape index (κ3) is 89.9. The topological polar surface area (TPSA) is 313 Å². The monoisotopic (exact) mass is 1520 g/mol. The van der Waals surface area contributed by atoms with Crippen LogP contribution in [0.25, 0.3) is 0 Å². The molecule has 0 bridgehead atoms. The Balaban J connectivity index is -0.000000285. The van der Waals surface area contributed by atoms with Crippen LogP contribution in [0.2, 0.25) is 5.28 Å². The minimum absolute atomic E-state index is 0. The van der Waals surface area contributed by atoms with Crippen molar-refractivity contribution in [2.45, 2.75) is 350 Å². The number of halogens is 2. The molecule has 2 heterocycles. The lowest BCUT2D eigenvalue weighted by Crippen LogP contribution is -3.00. The largest absolute Gasteiger partial charge is 1.00 e. The number of nitrogens with zero attached hydrogens (tertiary/aromatic N) is 9. The smallest absolute Gasteiger partial charge is 0.323 e. The second kappa shape index (κ2) is 85.8. The molecule has 25 heteroatoms. The van der Waals surface area contributed by atoms with Crippen LogP contribution in [0.3, 0.4) is 0 Å². The summed E-state index contributed by atoms with van der Waals surface area (Å²) in [4.78, 5) is 82.3. The van der Waals surface area contributed by atoms with Gasteiger partial charge in [0.25, 0.3) is 0 Å². The van der Waals surface area contributed by atoms with Gasteiger partial charge in [-0.2, -0.15) is 19.9 Å². The average molecular weight is 1520 g/mol. The zero-order chi connectivity index (χ0) is 78.4. The van der Waals surface area contributed by atoms with Crippen molar-refractivity contribution in [3.63, 3.8) is 0 Å². The molecule has 2 aromatic heterocycles. The van der Waals surface area contributed by atoms with Crippen LogP contribution in [-0.4, -0.2) is 202 Å². The first-order chi connectivity index (χ1) is 49.4. The fourth-order valence-corrected chi connectivity index (χ4v) is 10.5. The first-order valence-corrected chi connectivity index (χ1v) is 39.9. The van der Waals surface area contributed by atoms with Crippen molar-refractivity contribution in [1.82, 2.24) is 44.6 Å². The highest BCUT2D eigenvalue weighted by Gasteiger charge is 2.17. The van der Waals surface area contributed by atoms with Crippen LogP contribution in [0.4, 0.5) is 0 Å². The number of aliphatic hydroxyl groups is 4. The van der Waals surface area contributed by atoms with E-state index in [4.69, 9.17) is 40.8 Å². The Morgan fingerprint density at radius 2 is 0.692 bits per heavy atom. The number of carboxylic acids is 1. The highest BCUT2D eigenvalue weighted by molar-refractivity contribution is 6.28. The summed E-state index contributed by atoms with van der Waals surface area (Å²) < 4.78 is 19.2. The number of aliphatic hydroxyl groups excluding tert-OH is 4. The van der Waals surface area contributed by atoms with Crippen LogP contribution < -0.4 is 36.5 Å². The van der Waals surface area contributed by atoms with E-state index in [2.05, 4.69) is 57.6 Å². The molecule has 2 rings (SSSR count). The number of methoxy groups -OCH3 is 4. The number of likely N-dealkylation sites (N-methyl/N-ethyl adjacent to an activating group) is 2. The molecule has 0 fully saturated rings. The molecule has 2 aromatic rings.